The van der Waals surface area contributed by atoms with Gasteiger partial charge in [0.2, 0.25) is 5.13 Å². The second-order valence-electron chi connectivity index (χ2n) is 5.58. The summed E-state index contributed by atoms with van der Waals surface area (Å²) < 4.78 is 33.7. The fourth-order valence-electron chi connectivity index (χ4n) is 2.40. The fourth-order valence-corrected chi connectivity index (χ4v) is 5.39. The van der Waals surface area contributed by atoms with Gasteiger partial charge in [-0.3, -0.25) is 4.72 Å². The fraction of sp³-hybridized carbons (Fsp3) is 0.222. The molecule has 0 aliphatic rings. The minimum Gasteiger partial charge on any atom is -0.496 e. The summed E-state index contributed by atoms with van der Waals surface area (Å²) in [7, 11) is -2.17. The van der Waals surface area contributed by atoms with Gasteiger partial charge in [0.1, 0.15) is 5.75 Å². The van der Waals surface area contributed by atoms with E-state index in [1.807, 2.05) is 37.3 Å². The van der Waals surface area contributed by atoms with Gasteiger partial charge >= 0.3 is 0 Å². The van der Waals surface area contributed by atoms with Crippen molar-refractivity contribution in [2.45, 2.75) is 28.3 Å². The highest BCUT2D eigenvalue weighted by Crippen LogP contribution is 2.30. The van der Waals surface area contributed by atoms with Crippen molar-refractivity contribution in [2.75, 3.05) is 11.8 Å². The SMILES string of the molecule is CCc1cc(S(=O)(=O)Nc2nnc(SCc3ccccc3)s2)ccc1OC. The topological polar surface area (TPSA) is 81.2 Å². The highest BCUT2D eigenvalue weighted by atomic mass is 32.2. The third-order valence-electron chi connectivity index (χ3n) is 3.78. The highest BCUT2D eigenvalue weighted by molar-refractivity contribution is 8.00. The molecule has 1 aromatic heterocycles. The molecule has 0 aliphatic carbocycles. The van der Waals surface area contributed by atoms with Gasteiger partial charge in [-0.15, -0.1) is 10.2 Å². The molecule has 0 amide bonds. The van der Waals surface area contributed by atoms with Crippen LogP contribution in [-0.2, 0) is 22.2 Å². The number of ether oxygens (including phenoxy) is 1. The molecule has 1 heterocycles. The lowest BCUT2D eigenvalue weighted by Crippen LogP contribution is -2.13. The summed E-state index contributed by atoms with van der Waals surface area (Å²) in [5.74, 6) is 1.42. The second-order valence-corrected chi connectivity index (χ2v) is 9.46. The summed E-state index contributed by atoms with van der Waals surface area (Å²) in [6.45, 7) is 1.95. The Morgan fingerprint density at radius 3 is 2.63 bits per heavy atom. The maximum atomic E-state index is 12.6. The smallest absolute Gasteiger partial charge is 0.263 e. The summed E-state index contributed by atoms with van der Waals surface area (Å²) >= 11 is 2.74. The van der Waals surface area contributed by atoms with E-state index >= 15 is 0 Å². The molecule has 0 radical (unpaired) electrons. The van der Waals surface area contributed by atoms with Crippen LogP contribution in [-0.4, -0.2) is 25.7 Å². The van der Waals surface area contributed by atoms with Crippen molar-refractivity contribution >= 4 is 38.3 Å². The molecule has 0 bridgehead atoms. The summed E-state index contributed by atoms with van der Waals surface area (Å²) in [4.78, 5) is 0.175. The van der Waals surface area contributed by atoms with Gasteiger partial charge in [0.25, 0.3) is 10.0 Å². The Bertz CT molecular complexity index is 1000. The molecule has 0 saturated carbocycles. The normalized spacial score (nSPS) is 11.3. The average molecular weight is 422 g/mol. The lowest BCUT2D eigenvalue weighted by Gasteiger charge is -2.10. The number of aromatic nitrogens is 2. The molecule has 0 aliphatic heterocycles. The molecule has 6 nitrogen and oxygen atoms in total. The van der Waals surface area contributed by atoms with Crippen molar-refractivity contribution in [2.24, 2.45) is 0 Å². The summed E-state index contributed by atoms with van der Waals surface area (Å²) in [5.41, 5.74) is 2.00. The van der Waals surface area contributed by atoms with Crippen molar-refractivity contribution in [1.29, 1.82) is 0 Å². The van der Waals surface area contributed by atoms with E-state index in [4.69, 9.17) is 4.74 Å². The lowest BCUT2D eigenvalue weighted by atomic mass is 10.1. The molecule has 2 aromatic carbocycles. The van der Waals surface area contributed by atoms with Gasteiger partial charge < -0.3 is 4.74 Å². The molecule has 9 heteroatoms. The molecule has 0 atom stereocenters. The standard InChI is InChI=1S/C18H19N3O3S3/c1-3-14-11-15(9-10-16(14)24-2)27(22,23)21-17-19-20-18(26-17)25-12-13-7-5-4-6-8-13/h4-11H,3,12H2,1-2H3,(H,19,21). The van der Waals surface area contributed by atoms with Gasteiger partial charge in [-0.1, -0.05) is 60.4 Å². The van der Waals surface area contributed by atoms with Crippen LogP contribution in [0.2, 0.25) is 0 Å². The van der Waals surface area contributed by atoms with Crippen molar-refractivity contribution in [3.05, 3.63) is 59.7 Å². The zero-order chi connectivity index (χ0) is 19.3. The molecule has 0 fully saturated rings. The van der Waals surface area contributed by atoms with Crippen LogP contribution < -0.4 is 9.46 Å². The number of rotatable bonds is 8. The van der Waals surface area contributed by atoms with Crippen LogP contribution in [0.1, 0.15) is 18.1 Å². The number of nitrogens with one attached hydrogen (secondary N) is 1. The van der Waals surface area contributed by atoms with Crippen LogP contribution in [0.15, 0.2) is 57.8 Å². The maximum Gasteiger partial charge on any atom is 0.263 e. The van der Waals surface area contributed by atoms with Crippen LogP contribution in [0.25, 0.3) is 0 Å². The lowest BCUT2D eigenvalue weighted by molar-refractivity contribution is 0.409. The Morgan fingerprint density at radius 2 is 1.93 bits per heavy atom. The zero-order valence-electron chi connectivity index (χ0n) is 14.9. The third kappa shape index (κ3) is 5.00. The van der Waals surface area contributed by atoms with E-state index in [-0.39, 0.29) is 10.0 Å². The Balaban J connectivity index is 1.70. The number of methoxy groups -OCH3 is 1. The van der Waals surface area contributed by atoms with Crippen LogP contribution in [0, 0.1) is 0 Å². The van der Waals surface area contributed by atoms with Gasteiger partial charge in [0.15, 0.2) is 4.34 Å². The Morgan fingerprint density at radius 1 is 1.15 bits per heavy atom. The number of hydrogen-bond donors (Lipinski definition) is 1. The second kappa shape index (κ2) is 8.73. The summed E-state index contributed by atoms with van der Waals surface area (Å²) in [6.07, 6.45) is 0.672. The van der Waals surface area contributed by atoms with Crippen molar-refractivity contribution in [3.8, 4) is 5.75 Å². The Kier molecular flexibility index (Phi) is 6.35. The minimum absolute atomic E-state index is 0.175. The largest absolute Gasteiger partial charge is 0.496 e. The van der Waals surface area contributed by atoms with E-state index in [1.54, 1.807) is 19.2 Å². The molecule has 0 saturated heterocycles. The first kappa shape index (κ1) is 19.7. The van der Waals surface area contributed by atoms with Crippen molar-refractivity contribution in [1.82, 2.24) is 10.2 Å². The predicted octanol–water partition coefficient (Wildman–Crippen LogP) is 4.20. The Hall–Kier alpha value is -2.10. The number of sulfonamides is 1. The zero-order valence-corrected chi connectivity index (χ0v) is 17.3. The highest BCUT2D eigenvalue weighted by Gasteiger charge is 2.18. The summed E-state index contributed by atoms with van der Waals surface area (Å²) in [5, 5.41) is 8.25. The number of hydrogen-bond acceptors (Lipinski definition) is 7. The van der Waals surface area contributed by atoms with E-state index < -0.39 is 10.0 Å². The van der Waals surface area contributed by atoms with Crippen LogP contribution >= 0.6 is 23.1 Å². The summed E-state index contributed by atoms with van der Waals surface area (Å²) in [6, 6.07) is 14.8. The van der Waals surface area contributed by atoms with E-state index in [0.29, 0.717) is 16.5 Å². The van der Waals surface area contributed by atoms with Crippen LogP contribution in [0.3, 0.4) is 0 Å². The molecular formula is C18H19N3O3S3. The van der Waals surface area contributed by atoms with Gasteiger partial charge in [-0.05, 0) is 35.7 Å². The van der Waals surface area contributed by atoms with Crippen LogP contribution in [0.4, 0.5) is 5.13 Å². The molecule has 1 N–H and O–H groups in total. The monoisotopic (exact) mass is 421 g/mol. The maximum absolute atomic E-state index is 12.6. The van der Waals surface area contributed by atoms with Gasteiger partial charge in [0.05, 0.1) is 12.0 Å². The molecule has 0 spiro atoms. The van der Waals surface area contributed by atoms with E-state index in [9.17, 15) is 8.42 Å². The molecule has 3 aromatic rings. The molecule has 0 unspecified atom stereocenters. The van der Waals surface area contributed by atoms with Gasteiger partial charge in [0, 0.05) is 5.75 Å². The van der Waals surface area contributed by atoms with Crippen molar-refractivity contribution in [3.63, 3.8) is 0 Å². The number of benzene rings is 2. The minimum atomic E-state index is -3.73. The van der Waals surface area contributed by atoms with E-state index in [0.717, 1.165) is 11.3 Å². The first-order chi connectivity index (χ1) is 13.0. The van der Waals surface area contributed by atoms with Crippen LogP contribution in [0.5, 0.6) is 5.75 Å². The quantitative estimate of drug-likeness (QED) is 0.549. The Labute approximate surface area is 167 Å². The molecule has 3 rings (SSSR count). The average Bonchev–Trinajstić information content (AvgIpc) is 3.13. The molecule has 142 valence electrons. The first-order valence-corrected chi connectivity index (χ1v) is 11.5. The predicted molar refractivity (Wildman–Crippen MR) is 109 cm³/mol. The van der Waals surface area contributed by atoms with Gasteiger partial charge in [-0.25, -0.2) is 8.42 Å². The number of anilines is 1. The van der Waals surface area contributed by atoms with Crippen molar-refractivity contribution < 1.29 is 13.2 Å². The number of thioether (sulfide) groups is 1. The number of aryl methyl sites for hydroxylation is 1. The molecular weight excluding hydrogens is 402 g/mol. The van der Waals surface area contributed by atoms with E-state index in [2.05, 4.69) is 14.9 Å². The number of nitrogens with zero attached hydrogens (tertiary/aromatic N) is 2. The van der Waals surface area contributed by atoms with E-state index in [1.165, 1.54) is 34.7 Å². The van der Waals surface area contributed by atoms with Gasteiger partial charge in [-0.2, -0.15) is 0 Å². The first-order valence-electron chi connectivity index (χ1n) is 8.22. The third-order valence-corrected chi connectivity index (χ3v) is 7.29. The molecule has 27 heavy (non-hydrogen) atoms.